The summed E-state index contributed by atoms with van der Waals surface area (Å²) in [5, 5.41) is 24.6. The van der Waals surface area contributed by atoms with Gasteiger partial charge in [0.25, 0.3) is 0 Å². The molecule has 24 heteroatoms. The topological polar surface area (TPSA) is 319 Å². The quantitative estimate of drug-likeness (QED) is 0.0177. The number of amides is 6. The van der Waals surface area contributed by atoms with Gasteiger partial charge in [-0.2, -0.15) is 0 Å². The van der Waals surface area contributed by atoms with Crippen LogP contribution >= 0.6 is 19.4 Å². The Balaban J connectivity index is 1.42. The van der Waals surface area contributed by atoms with Crippen LogP contribution in [0, 0.1) is 5.92 Å². The second-order valence-electron chi connectivity index (χ2n) is 16.8. The monoisotopic (exact) mass is 988 g/mol. The van der Waals surface area contributed by atoms with Crippen molar-refractivity contribution in [2.24, 2.45) is 16.8 Å². The number of phosphoric ester groups is 1. The molecule has 0 unspecified atom stereocenters. The highest BCUT2D eigenvalue weighted by Crippen LogP contribution is 2.38. The number of imidazole rings is 1. The minimum absolute atomic E-state index is 0.107. The van der Waals surface area contributed by atoms with Crippen LogP contribution in [-0.4, -0.2) is 132 Å². The number of benzene rings is 1. The number of aliphatic hydroxyl groups excluding tert-OH is 1. The number of carbonyl (C=O) groups is 6. The third kappa shape index (κ3) is 17.7. The van der Waals surface area contributed by atoms with Gasteiger partial charge >= 0.3 is 7.82 Å². The lowest BCUT2D eigenvalue weighted by molar-refractivity contribution is -0.139. The molecule has 3 aromatic rings. The highest BCUT2D eigenvalue weighted by atomic mass is 35.5. The molecule has 22 nitrogen and oxygen atoms in total. The number of aryl methyl sites for hydroxylation is 1. The van der Waals surface area contributed by atoms with Gasteiger partial charge in [0.05, 0.1) is 30.9 Å². The van der Waals surface area contributed by atoms with Crippen molar-refractivity contribution >= 4 is 61.1 Å². The molecule has 0 bridgehead atoms. The number of nitrogens with two attached hydrogens (primary N) is 1. The summed E-state index contributed by atoms with van der Waals surface area (Å²) in [4.78, 5) is 113. The number of rotatable bonds is 27. The van der Waals surface area contributed by atoms with E-state index in [1.54, 1.807) is 23.2 Å². The first kappa shape index (κ1) is 54.8. The summed E-state index contributed by atoms with van der Waals surface area (Å²) in [5.41, 5.74) is 8.24. The highest BCUT2D eigenvalue weighted by molar-refractivity contribution is 7.46. The number of halogens is 1. The van der Waals surface area contributed by atoms with Gasteiger partial charge in [-0.05, 0) is 63.5 Å². The van der Waals surface area contributed by atoms with E-state index in [0.29, 0.717) is 61.9 Å². The number of nitrogens with zero attached hydrogens (tertiary/aromatic N) is 5. The van der Waals surface area contributed by atoms with E-state index in [1.165, 1.54) is 18.0 Å². The number of unbranched alkanes of at least 4 members (excludes halogenated alkanes) is 3. The minimum Gasteiger partial charge on any atom is -0.396 e. The molecule has 0 saturated carbocycles. The van der Waals surface area contributed by atoms with E-state index in [1.807, 2.05) is 50.2 Å². The maximum atomic E-state index is 14.1. The first-order chi connectivity index (χ1) is 32.3. The standard InChI is InChI=1S/C44H62ClN10O12P/c1-27(2)19-34(51-44(62)37-15-12-17-55(37)29(4)57)41(59)50-35(42(60)52-36(25-56)43(61)53-39(40(46)58)28(3)67-68(63,64)65)22-32-24-47-26-54(32)16-10-5-6-11-18-66-48-23-30-20-33(49-38(45)21-30)31-13-8-7-9-14-31/h7-9,13-14,20-21,23-24,26-28,34-37,39,56H,5-6,10-12,15-19,22,25H2,1-4H3,(H2,46,58)(H,50,59)(H,51,62)(H,52,60)(H,53,61)(H2,63,64,65)/b48-23+/t28-,34+,35+,36+,37+,39+/m1/s1. The number of likely N-dealkylation sites (tertiary alicyclic amines) is 1. The Morgan fingerprint density at radius 1 is 0.956 bits per heavy atom. The summed E-state index contributed by atoms with van der Waals surface area (Å²) in [6.07, 6.45) is 7.04. The number of hydrogen-bond donors (Lipinski definition) is 8. The summed E-state index contributed by atoms with van der Waals surface area (Å²) in [6, 6.07) is 6.27. The maximum Gasteiger partial charge on any atom is 0.469 e. The van der Waals surface area contributed by atoms with Crippen LogP contribution in [0.5, 0.6) is 0 Å². The van der Waals surface area contributed by atoms with Gasteiger partial charge in [0.1, 0.15) is 42.0 Å². The van der Waals surface area contributed by atoms with E-state index >= 15 is 0 Å². The molecule has 0 aliphatic carbocycles. The molecule has 2 aromatic heterocycles. The van der Waals surface area contributed by atoms with E-state index in [4.69, 9.17) is 22.2 Å². The van der Waals surface area contributed by atoms with Crippen LogP contribution in [-0.2, 0) is 55.7 Å². The molecule has 4 rings (SSSR count). The molecule has 1 aromatic carbocycles. The van der Waals surface area contributed by atoms with Crippen molar-refractivity contribution in [1.29, 1.82) is 0 Å². The predicted octanol–water partition coefficient (Wildman–Crippen LogP) is 1.72. The lowest BCUT2D eigenvalue weighted by Crippen LogP contribution is -2.61. The smallest absolute Gasteiger partial charge is 0.396 e. The molecule has 6 amide bonds. The Bertz CT molecular complexity index is 2260. The Morgan fingerprint density at radius 3 is 2.29 bits per heavy atom. The van der Waals surface area contributed by atoms with Gasteiger partial charge < -0.3 is 56.2 Å². The van der Waals surface area contributed by atoms with E-state index < -0.39 is 80.3 Å². The third-order valence-corrected chi connectivity index (χ3v) is 11.7. The summed E-state index contributed by atoms with van der Waals surface area (Å²) < 4.78 is 17.7. The first-order valence-corrected chi connectivity index (χ1v) is 24.2. The van der Waals surface area contributed by atoms with Gasteiger partial charge in [-0.3, -0.25) is 33.3 Å². The molecule has 1 aliphatic rings. The maximum absolute atomic E-state index is 14.1. The predicted molar refractivity (Wildman–Crippen MR) is 249 cm³/mol. The van der Waals surface area contributed by atoms with Gasteiger partial charge in [0.15, 0.2) is 0 Å². The summed E-state index contributed by atoms with van der Waals surface area (Å²) in [7, 11) is -5.13. The van der Waals surface area contributed by atoms with Gasteiger partial charge in [0, 0.05) is 49.5 Å². The van der Waals surface area contributed by atoms with Crippen LogP contribution in [0.3, 0.4) is 0 Å². The van der Waals surface area contributed by atoms with Crippen LogP contribution in [0.15, 0.2) is 60.1 Å². The summed E-state index contributed by atoms with van der Waals surface area (Å²) in [5.74, 6) is -4.99. The largest absolute Gasteiger partial charge is 0.469 e. The van der Waals surface area contributed by atoms with Crippen molar-refractivity contribution in [3.05, 3.63) is 71.4 Å². The third-order valence-electron chi connectivity index (χ3n) is 10.9. The number of carbonyl (C=O) groups excluding carboxylic acids is 6. The summed E-state index contributed by atoms with van der Waals surface area (Å²) >= 11 is 6.23. The number of aromatic nitrogens is 3. The minimum atomic E-state index is -5.13. The van der Waals surface area contributed by atoms with Crippen molar-refractivity contribution in [2.75, 3.05) is 19.8 Å². The fourth-order valence-electron chi connectivity index (χ4n) is 7.52. The average molecular weight is 989 g/mol. The summed E-state index contributed by atoms with van der Waals surface area (Å²) in [6.45, 7) is 6.34. The molecular formula is C44H62ClN10O12P. The van der Waals surface area contributed by atoms with E-state index in [-0.39, 0.29) is 24.7 Å². The second-order valence-corrected chi connectivity index (χ2v) is 18.4. The van der Waals surface area contributed by atoms with E-state index in [2.05, 4.69) is 40.9 Å². The molecule has 68 heavy (non-hydrogen) atoms. The zero-order chi connectivity index (χ0) is 50.0. The molecule has 6 atom stereocenters. The molecule has 372 valence electrons. The van der Waals surface area contributed by atoms with Crippen LogP contribution < -0.4 is 27.0 Å². The molecule has 0 radical (unpaired) electrons. The number of primary amides is 1. The van der Waals surface area contributed by atoms with Crippen LogP contribution in [0.2, 0.25) is 5.15 Å². The number of oxime groups is 1. The number of aliphatic hydroxyl groups is 1. The lowest BCUT2D eigenvalue weighted by atomic mass is 10.0. The Kier molecular flexibility index (Phi) is 21.5. The van der Waals surface area contributed by atoms with Gasteiger partial charge in [-0.25, -0.2) is 14.5 Å². The number of pyridine rings is 1. The molecule has 3 heterocycles. The van der Waals surface area contributed by atoms with Crippen molar-refractivity contribution in [3.63, 3.8) is 0 Å². The zero-order valence-electron chi connectivity index (χ0n) is 38.5. The van der Waals surface area contributed by atoms with Gasteiger partial charge in [0.2, 0.25) is 35.4 Å². The second kappa shape index (κ2) is 26.7. The van der Waals surface area contributed by atoms with Gasteiger partial charge in [-0.15, -0.1) is 0 Å². The van der Waals surface area contributed by atoms with Crippen molar-refractivity contribution in [3.8, 4) is 11.3 Å². The van der Waals surface area contributed by atoms with Crippen LogP contribution in [0.1, 0.15) is 83.9 Å². The fourth-order valence-corrected chi connectivity index (χ4v) is 8.29. The normalized spacial score (nSPS) is 16.1. The molecular weight excluding hydrogens is 927 g/mol. The SMILES string of the molecule is CC(=O)N1CCC[C@H]1C(=O)N[C@@H](CC(C)C)C(=O)N[C@@H](Cc1cncn1CCCCCCO/N=C/c1cc(Cl)nc(-c2ccccc2)c1)C(=O)N[C@@H](CO)C(=O)N[C@H](C(N)=O)[C@@H](C)OP(=O)(O)O. The molecule has 0 spiro atoms. The Hall–Kier alpha value is -5.77. The molecule has 1 fully saturated rings. The number of nitrogens with one attached hydrogen (secondary N) is 4. The fraction of sp³-hybridized carbons (Fsp3) is 0.523. The first-order valence-electron chi connectivity index (χ1n) is 22.3. The Labute approximate surface area is 399 Å². The van der Waals surface area contributed by atoms with E-state index in [0.717, 1.165) is 30.9 Å². The van der Waals surface area contributed by atoms with Crippen molar-refractivity contribution < 1.29 is 57.6 Å². The Morgan fingerprint density at radius 2 is 1.63 bits per heavy atom. The van der Waals surface area contributed by atoms with Crippen LogP contribution in [0.25, 0.3) is 11.3 Å². The van der Waals surface area contributed by atoms with Gasteiger partial charge in [-0.1, -0.05) is 67.4 Å². The van der Waals surface area contributed by atoms with Crippen molar-refractivity contribution in [2.45, 2.75) is 122 Å². The lowest BCUT2D eigenvalue weighted by Gasteiger charge is -2.28. The molecule has 9 N–H and O–H groups in total. The number of hydrogen-bond acceptors (Lipinski definition) is 13. The molecule has 1 aliphatic heterocycles. The zero-order valence-corrected chi connectivity index (χ0v) is 40.1. The molecule has 1 saturated heterocycles. The highest BCUT2D eigenvalue weighted by Gasteiger charge is 2.37. The van der Waals surface area contributed by atoms with E-state index in [9.17, 15) is 48.2 Å². The van der Waals surface area contributed by atoms with Crippen molar-refractivity contribution in [1.82, 2.24) is 40.7 Å². The van der Waals surface area contributed by atoms with Crippen LogP contribution in [0.4, 0.5) is 0 Å². The number of phosphoric acid groups is 1. The average Bonchev–Trinajstić information content (AvgIpc) is 3.96.